The van der Waals surface area contributed by atoms with Gasteiger partial charge in [-0.25, -0.2) is 0 Å². The molecule has 0 aliphatic carbocycles. The smallest absolute Gasteiger partial charge is 0.0597 e. The average molecular weight is 142 g/mol. The molecule has 1 heteroatoms. The molecule has 0 spiro atoms. The fourth-order valence-corrected chi connectivity index (χ4v) is 1.44. The van der Waals surface area contributed by atoms with Crippen LogP contribution in [0.4, 0.5) is 0 Å². The Hall–Kier alpha value is -0.0400. The average Bonchev–Trinajstić information content (AvgIpc) is 1.78. The second-order valence-corrected chi connectivity index (χ2v) is 4.56. The molecule has 1 rings (SSSR count). The highest BCUT2D eigenvalue weighted by Crippen LogP contribution is 2.32. The van der Waals surface area contributed by atoms with Crippen molar-refractivity contribution in [3.63, 3.8) is 0 Å². The highest BCUT2D eigenvalue weighted by molar-refractivity contribution is 4.79. The number of hydrogen-bond donors (Lipinski definition) is 0. The Bertz CT molecular complexity index is 112. The maximum Gasteiger partial charge on any atom is 0.0597 e. The van der Waals surface area contributed by atoms with Gasteiger partial charge in [0.25, 0.3) is 0 Å². The molecule has 0 N–H and O–H groups in total. The predicted molar refractivity (Wildman–Crippen MR) is 43.0 cm³/mol. The van der Waals surface area contributed by atoms with Gasteiger partial charge in [0.2, 0.25) is 0 Å². The Balaban J connectivity index is 2.26. The van der Waals surface area contributed by atoms with Crippen LogP contribution in [0.3, 0.4) is 0 Å². The molecule has 1 aliphatic heterocycles. The molecule has 1 heterocycles. The van der Waals surface area contributed by atoms with Crippen molar-refractivity contribution in [1.82, 2.24) is 0 Å². The minimum absolute atomic E-state index is 0.475. The molecule has 1 saturated heterocycles. The van der Waals surface area contributed by atoms with E-state index in [1.165, 1.54) is 6.42 Å². The minimum Gasteiger partial charge on any atom is -0.378 e. The standard InChI is InChI=1S/C9H18O/c1-7-8(6-10-7)5-9(2,3)4/h7-8H,5-6H2,1-4H3/t7-,8+/m0/s1. The SMILES string of the molecule is C[C@@H]1OC[C@H]1CC(C)(C)C. The van der Waals surface area contributed by atoms with Crippen molar-refractivity contribution in [1.29, 1.82) is 0 Å². The Labute approximate surface area is 63.8 Å². The minimum atomic E-state index is 0.475. The molecule has 1 nitrogen and oxygen atoms in total. The first-order chi connectivity index (χ1) is 4.49. The summed E-state index contributed by atoms with van der Waals surface area (Å²) in [5.41, 5.74) is 0.475. The second kappa shape index (κ2) is 2.54. The number of hydrogen-bond acceptors (Lipinski definition) is 1. The van der Waals surface area contributed by atoms with E-state index in [1.54, 1.807) is 0 Å². The first-order valence-electron chi connectivity index (χ1n) is 4.11. The van der Waals surface area contributed by atoms with Gasteiger partial charge in [-0.1, -0.05) is 20.8 Å². The van der Waals surface area contributed by atoms with Gasteiger partial charge in [0, 0.05) is 5.92 Å². The zero-order chi connectivity index (χ0) is 7.78. The van der Waals surface area contributed by atoms with E-state index in [-0.39, 0.29) is 0 Å². The summed E-state index contributed by atoms with van der Waals surface area (Å²) in [5, 5.41) is 0. The molecule has 0 amide bonds. The molecular weight excluding hydrogens is 124 g/mol. The largest absolute Gasteiger partial charge is 0.378 e. The highest BCUT2D eigenvalue weighted by Gasteiger charge is 2.31. The van der Waals surface area contributed by atoms with Crippen LogP contribution in [0.15, 0.2) is 0 Å². The molecule has 0 radical (unpaired) electrons. The lowest BCUT2D eigenvalue weighted by molar-refractivity contribution is -0.115. The van der Waals surface area contributed by atoms with Crippen LogP contribution < -0.4 is 0 Å². The van der Waals surface area contributed by atoms with Crippen molar-refractivity contribution in [3.05, 3.63) is 0 Å². The molecule has 0 aromatic carbocycles. The van der Waals surface area contributed by atoms with Crippen LogP contribution in [0.25, 0.3) is 0 Å². The van der Waals surface area contributed by atoms with Crippen LogP contribution >= 0.6 is 0 Å². The van der Waals surface area contributed by atoms with Crippen molar-refractivity contribution in [2.75, 3.05) is 6.61 Å². The Kier molecular flexibility index (Phi) is 2.04. The third kappa shape index (κ3) is 1.98. The van der Waals surface area contributed by atoms with Crippen LogP contribution in [-0.4, -0.2) is 12.7 Å². The van der Waals surface area contributed by atoms with Crippen LogP contribution in [0, 0.1) is 11.3 Å². The van der Waals surface area contributed by atoms with E-state index in [0.717, 1.165) is 12.5 Å². The molecule has 0 aromatic rings. The maximum atomic E-state index is 5.29. The predicted octanol–water partition coefficient (Wildman–Crippen LogP) is 2.46. The molecular formula is C9H18O. The fourth-order valence-electron chi connectivity index (χ4n) is 1.44. The molecule has 60 valence electrons. The Morgan fingerprint density at radius 1 is 1.40 bits per heavy atom. The number of rotatable bonds is 1. The summed E-state index contributed by atoms with van der Waals surface area (Å²) in [4.78, 5) is 0. The van der Waals surface area contributed by atoms with Gasteiger partial charge < -0.3 is 4.74 Å². The van der Waals surface area contributed by atoms with E-state index < -0.39 is 0 Å². The normalized spacial score (nSPS) is 33.6. The molecule has 10 heavy (non-hydrogen) atoms. The van der Waals surface area contributed by atoms with Crippen LogP contribution in [0.5, 0.6) is 0 Å². The van der Waals surface area contributed by atoms with E-state index in [1.807, 2.05) is 0 Å². The van der Waals surface area contributed by atoms with Gasteiger partial charge >= 0.3 is 0 Å². The van der Waals surface area contributed by atoms with Gasteiger partial charge in [0.05, 0.1) is 12.7 Å². The molecule has 2 atom stereocenters. The Morgan fingerprint density at radius 2 is 2.00 bits per heavy atom. The lowest BCUT2D eigenvalue weighted by Gasteiger charge is -2.38. The topological polar surface area (TPSA) is 9.23 Å². The van der Waals surface area contributed by atoms with Gasteiger partial charge in [-0.3, -0.25) is 0 Å². The third-order valence-corrected chi connectivity index (χ3v) is 2.11. The highest BCUT2D eigenvalue weighted by atomic mass is 16.5. The van der Waals surface area contributed by atoms with Crippen molar-refractivity contribution in [3.8, 4) is 0 Å². The monoisotopic (exact) mass is 142 g/mol. The lowest BCUT2D eigenvalue weighted by Crippen LogP contribution is -2.39. The summed E-state index contributed by atoms with van der Waals surface area (Å²) in [6.07, 6.45) is 1.81. The van der Waals surface area contributed by atoms with Crippen LogP contribution in [0.1, 0.15) is 34.1 Å². The molecule has 0 saturated carbocycles. The van der Waals surface area contributed by atoms with Crippen molar-refractivity contribution >= 4 is 0 Å². The summed E-state index contributed by atoms with van der Waals surface area (Å²) in [6, 6.07) is 0. The van der Waals surface area contributed by atoms with Gasteiger partial charge in [-0.15, -0.1) is 0 Å². The number of ether oxygens (including phenoxy) is 1. The molecule has 0 unspecified atom stereocenters. The summed E-state index contributed by atoms with van der Waals surface area (Å²) in [6.45, 7) is 10.0. The zero-order valence-electron chi connectivity index (χ0n) is 7.48. The fraction of sp³-hybridized carbons (Fsp3) is 1.00. The van der Waals surface area contributed by atoms with Gasteiger partial charge in [0.15, 0.2) is 0 Å². The van der Waals surface area contributed by atoms with Gasteiger partial charge in [-0.05, 0) is 18.8 Å². The van der Waals surface area contributed by atoms with E-state index >= 15 is 0 Å². The lowest BCUT2D eigenvalue weighted by atomic mass is 9.81. The first kappa shape index (κ1) is 8.06. The van der Waals surface area contributed by atoms with Gasteiger partial charge in [0.1, 0.15) is 0 Å². The Morgan fingerprint density at radius 3 is 2.10 bits per heavy atom. The van der Waals surface area contributed by atoms with Crippen LogP contribution in [-0.2, 0) is 4.74 Å². The molecule has 0 aromatic heterocycles. The third-order valence-electron chi connectivity index (χ3n) is 2.11. The zero-order valence-corrected chi connectivity index (χ0v) is 7.48. The van der Waals surface area contributed by atoms with E-state index in [9.17, 15) is 0 Å². The summed E-state index contributed by atoms with van der Waals surface area (Å²) in [5.74, 6) is 0.819. The summed E-state index contributed by atoms with van der Waals surface area (Å²) < 4.78 is 5.29. The van der Waals surface area contributed by atoms with E-state index in [0.29, 0.717) is 11.5 Å². The van der Waals surface area contributed by atoms with Crippen molar-refractivity contribution in [2.24, 2.45) is 11.3 Å². The van der Waals surface area contributed by atoms with E-state index in [4.69, 9.17) is 4.74 Å². The summed E-state index contributed by atoms with van der Waals surface area (Å²) >= 11 is 0. The first-order valence-corrected chi connectivity index (χ1v) is 4.11. The maximum absolute atomic E-state index is 5.29. The van der Waals surface area contributed by atoms with Crippen molar-refractivity contribution < 1.29 is 4.74 Å². The molecule has 1 fully saturated rings. The summed E-state index contributed by atoms with van der Waals surface area (Å²) in [7, 11) is 0. The van der Waals surface area contributed by atoms with Crippen LogP contribution in [0.2, 0.25) is 0 Å². The quantitative estimate of drug-likeness (QED) is 0.546. The van der Waals surface area contributed by atoms with Gasteiger partial charge in [-0.2, -0.15) is 0 Å². The molecule has 1 aliphatic rings. The van der Waals surface area contributed by atoms with E-state index in [2.05, 4.69) is 27.7 Å². The van der Waals surface area contributed by atoms with Crippen molar-refractivity contribution in [2.45, 2.75) is 40.2 Å². The molecule has 0 bridgehead atoms. The second-order valence-electron chi connectivity index (χ2n) is 4.56.